The molecule has 0 saturated heterocycles. The molecule has 0 amide bonds. The van der Waals surface area contributed by atoms with E-state index in [1.807, 2.05) is 60.7 Å². The Morgan fingerprint density at radius 3 is 2.21 bits per heavy atom. The highest BCUT2D eigenvalue weighted by Crippen LogP contribution is 2.29. The summed E-state index contributed by atoms with van der Waals surface area (Å²) in [6.07, 6.45) is 0.475. The molecule has 0 radical (unpaired) electrons. The summed E-state index contributed by atoms with van der Waals surface area (Å²) >= 11 is 0. The van der Waals surface area contributed by atoms with Crippen LogP contribution in [0.3, 0.4) is 0 Å². The van der Waals surface area contributed by atoms with Gasteiger partial charge in [-0.05, 0) is 29.2 Å². The summed E-state index contributed by atoms with van der Waals surface area (Å²) in [7, 11) is 0. The number of aliphatic hydroxyl groups is 1. The van der Waals surface area contributed by atoms with Crippen LogP contribution in [0.15, 0.2) is 78.9 Å². The molecule has 0 aromatic heterocycles. The van der Waals surface area contributed by atoms with Gasteiger partial charge >= 0.3 is 5.69 Å². The zero-order valence-electron chi connectivity index (χ0n) is 16.0. The van der Waals surface area contributed by atoms with Crippen molar-refractivity contribution < 1.29 is 14.8 Å². The van der Waals surface area contributed by atoms with Gasteiger partial charge in [0.25, 0.3) is 0 Å². The number of benzene rings is 3. The van der Waals surface area contributed by atoms with Gasteiger partial charge in [0.2, 0.25) is 0 Å². The maximum Gasteiger partial charge on any atom is 0.311 e. The highest BCUT2D eigenvalue weighted by Gasteiger charge is 2.18. The maximum atomic E-state index is 11.5. The van der Waals surface area contributed by atoms with E-state index in [9.17, 15) is 15.2 Å². The Hall–Kier alpha value is -3.22. The molecule has 0 spiro atoms. The van der Waals surface area contributed by atoms with Crippen LogP contribution in [0, 0.1) is 10.1 Å². The van der Waals surface area contributed by atoms with E-state index in [0.29, 0.717) is 13.0 Å². The maximum absolute atomic E-state index is 11.5. The molecule has 29 heavy (non-hydrogen) atoms. The normalized spacial score (nSPS) is 11.8. The van der Waals surface area contributed by atoms with Gasteiger partial charge in [0, 0.05) is 18.7 Å². The molecule has 0 aliphatic heterocycles. The van der Waals surface area contributed by atoms with E-state index in [-0.39, 0.29) is 30.7 Å². The second-order valence-corrected chi connectivity index (χ2v) is 6.78. The van der Waals surface area contributed by atoms with E-state index in [1.165, 1.54) is 6.07 Å². The van der Waals surface area contributed by atoms with Gasteiger partial charge in [-0.25, -0.2) is 0 Å². The van der Waals surface area contributed by atoms with Gasteiger partial charge in [0.05, 0.1) is 11.5 Å². The fourth-order valence-corrected chi connectivity index (χ4v) is 3.03. The molecule has 150 valence electrons. The van der Waals surface area contributed by atoms with Crippen LogP contribution in [-0.2, 0) is 19.6 Å². The van der Waals surface area contributed by atoms with Crippen molar-refractivity contribution in [3.8, 4) is 5.75 Å². The molecule has 0 fully saturated rings. The van der Waals surface area contributed by atoms with Crippen molar-refractivity contribution in [3.63, 3.8) is 0 Å². The summed E-state index contributed by atoms with van der Waals surface area (Å²) in [4.78, 5) is 11.1. The minimum Gasteiger partial charge on any atom is -0.482 e. The number of ether oxygens (including phenoxy) is 1. The highest BCUT2D eigenvalue weighted by molar-refractivity contribution is 5.49. The summed E-state index contributed by atoms with van der Waals surface area (Å²) in [5.74, 6) is 0.236. The molecule has 0 aliphatic rings. The molecular weight excluding hydrogens is 368 g/mol. The smallest absolute Gasteiger partial charge is 0.311 e. The number of nitrogens with zero attached hydrogens (tertiary/aromatic N) is 1. The fraction of sp³-hybridized carbons (Fsp3) is 0.217. The lowest BCUT2D eigenvalue weighted by Gasteiger charge is -2.17. The Labute approximate surface area is 169 Å². The zero-order chi connectivity index (χ0) is 20.5. The Balaban J connectivity index is 1.65. The van der Waals surface area contributed by atoms with E-state index < -0.39 is 4.92 Å². The van der Waals surface area contributed by atoms with Crippen molar-refractivity contribution in [2.75, 3.05) is 6.61 Å². The van der Waals surface area contributed by atoms with E-state index in [0.717, 1.165) is 16.7 Å². The molecule has 6 heteroatoms. The molecule has 0 saturated carbocycles. The van der Waals surface area contributed by atoms with Gasteiger partial charge in [-0.15, -0.1) is 0 Å². The Morgan fingerprint density at radius 2 is 1.59 bits per heavy atom. The van der Waals surface area contributed by atoms with Crippen LogP contribution >= 0.6 is 0 Å². The minimum atomic E-state index is -0.435. The number of nitrogens with one attached hydrogen (secondary N) is 1. The van der Waals surface area contributed by atoms with Crippen LogP contribution in [0.1, 0.15) is 16.7 Å². The summed E-state index contributed by atoms with van der Waals surface area (Å²) in [5.41, 5.74) is 2.75. The summed E-state index contributed by atoms with van der Waals surface area (Å²) in [6.45, 7) is 0.818. The first-order valence-corrected chi connectivity index (χ1v) is 9.48. The van der Waals surface area contributed by atoms with Gasteiger partial charge in [-0.3, -0.25) is 10.1 Å². The van der Waals surface area contributed by atoms with Gasteiger partial charge < -0.3 is 15.2 Å². The lowest BCUT2D eigenvalue weighted by atomic mass is 10.0. The van der Waals surface area contributed by atoms with E-state index >= 15 is 0 Å². The zero-order valence-corrected chi connectivity index (χ0v) is 16.0. The summed E-state index contributed by atoms with van der Waals surface area (Å²) in [5, 5.41) is 24.5. The molecule has 3 rings (SSSR count). The quantitative estimate of drug-likeness (QED) is 0.404. The van der Waals surface area contributed by atoms with Gasteiger partial charge in [0.15, 0.2) is 5.75 Å². The second kappa shape index (κ2) is 10.4. The number of rotatable bonds is 10. The first-order chi connectivity index (χ1) is 14.2. The van der Waals surface area contributed by atoms with Crippen molar-refractivity contribution in [2.45, 2.75) is 25.6 Å². The molecule has 0 heterocycles. The van der Waals surface area contributed by atoms with Crippen LogP contribution in [0.25, 0.3) is 0 Å². The Morgan fingerprint density at radius 1 is 0.931 bits per heavy atom. The lowest BCUT2D eigenvalue weighted by Crippen LogP contribution is -2.34. The molecule has 1 unspecified atom stereocenters. The van der Waals surface area contributed by atoms with Crippen molar-refractivity contribution in [1.82, 2.24) is 5.32 Å². The lowest BCUT2D eigenvalue weighted by molar-refractivity contribution is -0.386. The standard InChI is InChI=1S/C23H24N2O4/c26-16-21(24-15-18-7-3-1-4-8-18)13-20-11-12-23(22(14-20)25(27)28)29-17-19-9-5-2-6-10-19/h1-12,14,21,24,26H,13,15-17H2. The van der Waals surface area contributed by atoms with Crippen molar-refractivity contribution >= 4 is 5.69 Å². The number of nitro benzene ring substituents is 1. The SMILES string of the molecule is O=[N+]([O-])c1cc(CC(CO)NCc2ccccc2)ccc1OCc1ccccc1. The topological polar surface area (TPSA) is 84.6 Å². The van der Waals surface area contributed by atoms with Gasteiger partial charge in [0.1, 0.15) is 6.61 Å². The molecular formula is C23H24N2O4. The first kappa shape index (κ1) is 20.5. The summed E-state index contributed by atoms with van der Waals surface area (Å²) < 4.78 is 5.67. The van der Waals surface area contributed by atoms with E-state index in [1.54, 1.807) is 12.1 Å². The Bertz CT molecular complexity index is 917. The first-order valence-electron chi connectivity index (χ1n) is 9.48. The van der Waals surface area contributed by atoms with Crippen molar-refractivity contribution in [3.05, 3.63) is 106 Å². The largest absolute Gasteiger partial charge is 0.482 e. The third kappa shape index (κ3) is 6.14. The molecule has 0 bridgehead atoms. The second-order valence-electron chi connectivity index (χ2n) is 6.78. The van der Waals surface area contributed by atoms with Gasteiger partial charge in [-0.1, -0.05) is 66.7 Å². The average Bonchev–Trinajstić information content (AvgIpc) is 2.77. The van der Waals surface area contributed by atoms with Gasteiger partial charge in [-0.2, -0.15) is 0 Å². The predicted octanol–water partition coefficient (Wildman–Crippen LogP) is 3.87. The number of hydrogen-bond donors (Lipinski definition) is 2. The number of nitro groups is 1. The number of hydrogen-bond acceptors (Lipinski definition) is 5. The minimum absolute atomic E-state index is 0.0626. The molecule has 3 aromatic carbocycles. The third-order valence-corrected chi connectivity index (χ3v) is 4.60. The molecule has 3 aromatic rings. The van der Waals surface area contributed by atoms with Crippen LogP contribution in [0.4, 0.5) is 5.69 Å². The molecule has 1 atom stereocenters. The van der Waals surface area contributed by atoms with E-state index in [2.05, 4.69) is 5.32 Å². The highest BCUT2D eigenvalue weighted by atomic mass is 16.6. The Kier molecular flexibility index (Phi) is 7.33. The van der Waals surface area contributed by atoms with Crippen molar-refractivity contribution in [2.24, 2.45) is 0 Å². The molecule has 6 nitrogen and oxygen atoms in total. The van der Waals surface area contributed by atoms with E-state index in [4.69, 9.17) is 4.74 Å². The van der Waals surface area contributed by atoms with Crippen LogP contribution in [-0.4, -0.2) is 22.7 Å². The fourth-order valence-electron chi connectivity index (χ4n) is 3.03. The average molecular weight is 392 g/mol. The van der Waals surface area contributed by atoms with Crippen LogP contribution < -0.4 is 10.1 Å². The molecule has 0 aliphatic carbocycles. The predicted molar refractivity (Wildman–Crippen MR) is 112 cm³/mol. The monoisotopic (exact) mass is 392 g/mol. The van der Waals surface area contributed by atoms with Crippen molar-refractivity contribution in [1.29, 1.82) is 0 Å². The molecule has 2 N–H and O–H groups in total. The van der Waals surface area contributed by atoms with Crippen LogP contribution in [0.2, 0.25) is 0 Å². The third-order valence-electron chi connectivity index (χ3n) is 4.60. The number of aliphatic hydroxyl groups excluding tert-OH is 1. The van der Waals surface area contributed by atoms with Crippen LogP contribution in [0.5, 0.6) is 5.75 Å². The summed E-state index contributed by atoms with van der Waals surface area (Å²) in [6, 6.07) is 24.1.